The molecule has 0 saturated heterocycles. The zero-order valence-corrected chi connectivity index (χ0v) is 14.2. The van der Waals surface area contributed by atoms with Gasteiger partial charge < -0.3 is 10.2 Å². The van der Waals surface area contributed by atoms with Crippen LogP contribution in [0.2, 0.25) is 5.02 Å². The standard InChI is InChI=1S/C18H15ClF2N2O2/c1-10(24)23-6-2-3-11-7-12(4-5-17(11)23)22-18(25)13-8-15(20)16(21)9-14(13)19/h4-5,7-9H,2-3,6H2,1H3,(H,22,25). The van der Waals surface area contributed by atoms with Crippen LogP contribution in [0.25, 0.3) is 0 Å². The molecule has 0 spiro atoms. The number of hydrogen-bond acceptors (Lipinski definition) is 2. The van der Waals surface area contributed by atoms with Crippen molar-refractivity contribution in [1.82, 2.24) is 0 Å². The molecule has 0 radical (unpaired) electrons. The van der Waals surface area contributed by atoms with Gasteiger partial charge in [0.2, 0.25) is 5.91 Å². The summed E-state index contributed by atoms with van der Waals surface area (Å²) in [6.07, 6.45) is 1.62. The van der Waals surface area contributed by atoms with Gasteiger partial charge in [-0.2, -0.15) is 0 Å². The van der Waals surface area contributed by atoms with Crippen molar-refractivity contribution in [2.75, 3.05) is 16.8 Å². The minimum atomic E-state index is -1.14. The van der Waals surface area contributed by atoms with Crippen LogP contribution in [0.3, 0.4) is 0 Å². The van der Waals surface area contributed by atoms with Gasteiger partial charge in [0.05, 0.1) is 10.6 Å². The van der Waals surface area contributed by atoms with Crippen LogP contribution < -0.4 is 10.2 Å². The summed E-state index contributed by atoms with van der Waals surface area (Å²) in [4.78, 5) is 25.7. The summed E-state index contributed by atoms with van der Waals surface area (Å²) in [5, 5.41) is 2.45. The maximum atomic E-state index is 13.4. The van der Waals surface area contributed by atoms with Gasteiger partial charge in [-0.25, -0.2) is 8.78 Å². The Bertz CT molecular complexity index is 870. The fraction of sp³-hybridized carbons (Fsp3) is 0.222. The van der Waals surface area contributed by atoms with E-state index in [4.69, 9.17) is 11.6 Å². The van der Waals surface area contributed by atoms with E-state index in [2.05, 4.69) is 5.32 Å². The number of aryl methyl sites for hydroxylation is 1. The molecule has 2 amide bonds. The number of fused-ring (bicyclic) bond motifs is 1. The minimum Gasteiger partial charge on any atom is -0.322 e. The van der Waals surface area contributed by atoms with E-state index in [1.54, 1.807) is 23.1 Å². The first-order valence-electron chi connectivity index (χ1n) is 7.73. The molecule has 3 rings (SSSR count). The van der Waals surface area contributed by atoms with Crippen LogP contribution in [0.5, 0.6) is 0 Å². The van der Waals surface area contributed by atoms with Crippen LogP contribution in [0.4, 0.5) is 20.2 Å². The number of benzene rings is 2. The first-order chi connectivity index (χ1) is 11.9. The van der Waals surface area contributed by atoms with E-state index in [1.165, 1.54) is 6.92 Å². The van der Waals surface area contributed by atoms with E-state index in [-0.39, 0.29) is 16.5 Å². The molecule has 0 aromatic heterocycles. The molecular formula is C18H15ClF2N2O2. The predicted molar refractivity (Wildman–Crippen MR) is 92.1 cm³/mol. The predicted octanol–water partition coefficient (Wildman–Crippen LogP) is 4.17. The van der Waals surface area contributed by atoms with Gasteiger partial charge in [0, 0.05) is 24.8 Å². The summed E-state index contributed by atoms with van der Waals surface area (Å²) < 4.78 is 26.5. The average Bonchev–Trinajstić information content (AvgIpc) is 2.57. The summed E-state index contributed by atoms with van der Waals surface area (Å²) in [5.41, 5.74) is 2.11. The Morgan fingerprint density at radius 1 is 1.16 bits per heavy atom. The Morgan fingerprint density at radius 3 is 2.60 bits per heavy atom. The second-order valence-electron chi connectivity index (χ2n) is 5.82. The van der Waals surface area contributed by atoms with Crippen LogP contribution in [0.15, 0.2) is 30.3 Å². The SMILES string of the molecule is CC(=O)N1CCCc2cc(NC(=O)c3cc(F)c(F)cc3Cl)ccc21. The quantitative estimate of drug-likeness (QED) is 0.813. The molecule has 1 heterocycles. The molecule has 0 bridgehead atoms. The van der Waals surface area contributed by atoms with Gasteiger partial charge in [-0.1, -0.05) is 11.6 Å². The Balaban J connectivity index is 1.86. The Kier molecular flexibility index (Phi) is 4.72. The van der Waals surface area contributed by atoms with Crippen LogP contribution in [0.1, 0.15) is 29.3 Å². The highest BCUT2D eigenvalue weighted by Crippen LogP contribution is 2.30. The molecule has 0 aliphatic carbocycles. The number of carbonyl (C=O) groups is 2. The van der Waals surface area contributed by atoms with Crippen molar-refractivity contribution in [3.63, 3.8) is 0 Å². The van der Waals surface area contributed by atoms with Crippen molar-refractivity contribution >= 4 is 34.8 Å². The summed E-state index contributed by atoms with van der Waals surface area (Å²) >= 11 is 5.82. The number of rotatable bonds is 2. The topological polar surface area (TPSA) is 49.4 Å². The molecule has 0 saturated carbocycles. The Morgan fingerprint density at radius 2 is 1.88 bits per heavy atom. The van der Waals surface area contributed by atoms with E-state index < -0.39 is 17.5 Å². The van der Waals surface area contributed by atoms with Gasteiger partial charge in [-0.05, 0) is 48.7 Å². The third-order valence-corrected chi connectivity index (χ3v) is 4.40. The molecule has 1 N–H and O–H groups in total. The molecule has 1 aliphatic rings. The molecule has 25 heavy (non-hydrogen) atoms. The lowest BCUT2D eigenvalue weighted by Gasteiger charge is -2.29. The van der Waals surface area contributed by atoms with Gasteiger partial charge in [0.1, 0.15) is 0 Å². The molecule has 2 aromatic rings. The largest absolute Gasteiger partial charge is 0.322 e. The van der Waals surface area contributed by atoms with E-state index in [9.17, 15) is 18.4 Å². The van der Waals surface area contributed by atoms with Gasteiger partial charge in [-0.15, -0.1) is 0 Å². The van der Waals surface area contributed by atoms with Crippen LogP contribution in [-0.2, 0) is 11.2 Å². The maximum Gasteiger partial charge on any atom is 0.257 e. The van der Waals surface area contributed by atoms with Crippen molar-refractivity contribution in [3.8, 4) is 0 Å². The number of halogens is 3. The van der Waals surface area contributed by atoms with Gasteiger partial charge in [-0.3, -0.25) is 9.59 Å². The molecule has 4 nitrogen and oxygen atoms in total. The first-order valence-corrected chi connectivity index (χ1v) is 8.11. The lowest BCUT2D eigenvalue weighted by atomic mass is 10.0. The lowest BCUT2D eigenvalue weighted by molar-refractivity contribution is -0.116. The van der Waals surface area contributed by atoms with E-state index >= 15 is 0 Å². The fourth-order valence-electron chi connectivity index (χ4n) is 2.90. The maximum absolute atomic E-state index is 13.4. The molecule has 2 aromatic carbocycles. The average molecular weight is 365 g/mol. The zero-order chi connectivity index (χ0) is 18.1. The lowest BCUT2D eigenvalue weighted by Crippen LogP contribution is -2.33. The summed E-state index contributed by atoms with van der Waals surface area (Å²) in [7, 11) is 0. The molecular weight excluding hydrogens is 350 g/mol. The van der Waals surface area contributed by atoms with E-state index in [0.29, 0.717) is 12.2 Å². The van der Waals surface area contributed by atoms with Crippen molar-refractivity contribution in [2.45, 2.75) is 19.8 Å². The van der Waals surface area contributed by atoms with Crippen LogP contribution in [-0.4, -0.2) is 18.4 Å². The zero-order valence-electron chi connectivity index (χ0n) is 13.4. The number of nitrogens with zero attached hydrogens (tertiary/aromatic N) is 1. The molecule has 7 heteroatoms. The van der Waals surface area contributed by atoms with Gasteiger partial charge in [0.15, 0.2) is 11.6 Å². The van der Waals surface area contributed by atoms with E-state index in [0.717, 1.165) is 36.2 Å². The van der Waals surface area contributed by atoms with Crippen molar-refractivity contribution in [2.24, 2.45) is 0 Å². The number of carbonyl (C=O) groups excluding carboxylic acids is 2. The number of hydrogen-bond donors (Lipinski definition) is 1. The minimum absolute atomic E-state index is 0.0358. The third-order valence-electron chi connectivity index (χ3n) is 4.09. The van der Waals surface area contributed by atoms with Crippen molar-refractivity contribution in [1.29, 1.82) is 0 Å². The third kappa shape index (κ3) is 3.49. The van der Waals surface area contributed by atoms with E-state index in [1.807, 2.05) is 0 Å². The summed E-state index contributed by atoms with van der Waals surface area (Å²) in [6.45, 7) is 2.17. The molecule has 0 fully saturated rings. The summed E-state index contributed by atoms with van der Waals surface area (Å²) in [5.74, 6) is -2.92. The van der Waals surface area contributed by atoms with Gasteiger partial charge in [0.25, 0.3) is 5.91 Å². The highest BCUT2D eigenvalue weighted by atomic mass is 35.5. The number of nitrogens with one attached hydrogen (secondary N) is 1. The second kappa shape index (κ2) is 6.80. The highest BCUT2D eigenvalue weighted by Gasteiger charge is 2.21. The molecule has 0 atom stereocenters. The number of anilines is 2. The Labute approximate surface area is 148 Å². The fourth-order valence-corrected chi connectivity index (χ4v) is 3.13. The summed E-state index contributed by atoms with van der Waals surface area (Å²) in [6, 6.07) is 6.73. The molecule has 130 valence electrons. The first kappa shape index (κ1) is 17.4. The number of amides is 2. The van der Waals surface area contributed by atoms with Crippen molar-refractivity contribution in [3.05, 3.63) is 58.1 Å². The monoisotopic (exact) mass is 364 g/mol. The van der Waals surface area contributed by atoms with Crippen molar-refractivity contribution < 1.29 is 18.4 Å². The smallest absolute Gasteiger partial charge is 0.257 e. The highest BCUT2D eigenvalue weighted by molar-refractivity contribution is 6.34. The molecule has 0 unspecified atom stereocenters. The van der Waals surface area contributed by atoms with Crippen LogP contribution in [0, 0.1) is 11.6 Å². The Hall–Kier alpha value is -2.47. The van der Waals surface area contributed by atoms with Gasteiger partial charge >= 0.3 is 0 Å². The second-order valence-corrected chi connectivity index (χ2v) is 6.23. The normalized spacial score (nSPS) is 13.4. The molecule has 1 aliphatic heterocycles. The van der Waals surface area contributed by atoms with Crippen LogP contribution >= 0.6 is 11.6 Å².